The number of pyridine rings is 1. The third-order valence-corrected chi connectivity index (χ3v) is 3.34. The maximum Gasteiger partial charge on any atom is 0.220 e. The second-order valence-corrected chi connectivity index (χ2v) is 4.66. The quantitative estimate of drug-likeness (QED) is 0.828. The molecule has 6 nitrogen and oxygen atoms in total. The highest BCUT2D eigenvalue weighted by molar-refractivity contribution is 5.89. The average molecular weight is 254 g/mol. The van der Waals surface area contributed by atoms with Crippen molar-refractivity contribution in [1.82, 2.24) is 15.0 Å². The molecule has 0 aromatic carbocycles. The van der Waals surface area contributed by atoms with Gasteiger partial charge in [0.05, 0.1) is 0 Å². The van der Waals surface area contributed by atoms with Gasteiger partial charge in [-0.3, -0.25) is 0 Å². The van der Waals surface area contributed by atoms with E-state index in [2.05, 4.69) is 25.9 Å². The van der Waals surface area contributed by atoms with Crippen LogP contribution in [0.5, 0.6) is 0 Å². The first-order valence-corrected chi connectivity index (χ1v) is 6.36. The second-order valence-electron chi connectivity index (χ2n) is 4.66. The van der Waals surface area contributed by atoms with Crippen LogP contribution in [0.25, 0.3) is 10.9 Å². The van der Waals surface area contributed by atoms with Crippen molar-refractivity contribution in [3.05, 3.63) is 18.0 Å². The minimum Gasteiger partial charge on any atom is -0.368 e. The van der Waals surface area contributed by atoms with Crippen LogP contribution < -0.4 is 10.6 Å². The zero-order valence-corrected chi connectivity index (χ0v) is 10.5. The lowest BCUT2D eigenvalue weighted by molar-refractivity contribution is 0.574. The lowest BCUT2D eigenvalue weighted by Crippen LogP contribution is -2.30. The van der Waals surface area contributed by atoms with Gasteiger partial charge in [0, 0.05) is 24.7 Å². The van der Waals surface area contributed by atoms with E-state index in [0.29, 0.717) is 5.69 Å². The van der Waals surface area contributed by atoms with Gasteiger partial charge in [0.15, 0.2) is 5.82 Å². The summed E-state index contributed by atoms with van der Waals surface area (Å²) in [5.74, 6) is 0.986. The highest BCUT2D eigenvalue weighted by Gasteiger charge is 2.17. The normalized spacial score (nSPS) is 15.4. The van der Waals surface area contributed by atoms with Crippen molar-refractivity contribution in [2.24, 2.45) is 0 Å². The number of nitrogen functional groups attached to an aromatic ring is 1. The molecule has 1 aliphatic rings. The molecule has 0 spiro atoms. The Morgan fingerprint density at radius 3 is 2.74 bits per heavy atom. The smallest absolute Gasteiger partial charge is 0.220 e. The van der Waals surface area contributed by atoms with Gasteiger partial charge in [0.1, 0.15) is 17.3 Å². The fourth-order valence-electron chi connectivity index (χ4n) is 2.42. The van der Waals surface area contributed by atoms with E-state index >= 15 is 0 Å². The van der Waals surface area contributed by atoms with E-state index in [1.165, 1.54) is 6.42 Å². The van der Waals surface area contributed by atoms with E-state index in [1.54, 1.807) is 12.3 Å². The Morgan fingerprint density at radius 1 is 1.21 bits per heavy atom. The fraction of sp³-hybridized carbons (Fsp3) is 0.385. The molecular weight excluding hydrogens is 240 g/mol. The average Bonchev–Trinajstić information content (AvgIpc) is 2.47. The number of aromatic nitrogens is 3. The first kappa shape index (κ1) is 11.7. The lowest BCUT2D eigenvalue weighted by atomic mass is 10.1. The molecule has 0 radical (unpaired) electrons. The Hall–Kier alpha value is -2.42. The topological polar surface area (TPSA) is 91.7 Å². The summed E-state index contributed by atoms with van der Waals surface area (Å²) in [4.78, 5) is 14.8. The maximum atomic E-state index is 9.08. The van der Waals surface area contributed by atoms with Crippen molar-refractivity contribution in [1.29, 1.82) is 5.26 Å². The number of hydrogen-bond donors (Lipinski definition) is 1. The van der Waals surface area contributed by atoms with Crippen molar-refractivity contribution >= 4 is 22.7 Å². The molecule has 0 bridgehead atoms. The second kappa shape index (κ2) is 4.69. The predicted molar refractivity (Wildman–Crippen MR) is 72.5 cm³/mol. The molecule has 2 aromatic rings. The van der Waals surface area contributed by atoms with Gasteiger partial charge in [-0.15, -0.1) is 0 Å². The van der Waals surface area contributed by atoms with Crippen molar-refractivity contribution in [2.45, 2.75) is 19.3 Å². The molecule has 19 heavy (non-hydrogen) atoms. The molecule has 2 aromatic heterocycles. The van der Waals surface area contributed by atoms with Gasteiger partial charge in [-0.2, -0.15) is 5.26 Å². The van der Waals surface area contributed by atoms with Gasteiger partial charge >= 0.3 is 0 Å². The summed E-state index contributed by atoms with van der Waals surface area (Å²) in [6, 6.07) is 3.79. The van der Waals surface area contributed by atoms with E-state index in [4.69, 9.17) is 11.0 Å². The van der Waals surface area contributed by atoms with Crippen molar-refractivity contribution in [3.8, 4) is 6.07 Å². The van der Waals surface area contributed by atoms with Crippen LogP contribution in [0.2, 0.25) is 0 Å². The molecule has 0 unspecified atom stereocenters. The standard InChI is InChI=1S/C13H14N6/c14-7-10-6-9-8-16-13(15)18-11(9)12(17-10)19-4-2-1-3-5-19/h6,8H,1-5H2,(H2,15,16,18). The van der Waals surface area contributed by atoms with Crippen LogP contribution in [0.1, 0.15) is 25.0 Å². The summed E-state index contributed by atoms with van der Waals surface area (Å²) in [7, 11) is 0. The largest absolute Gasteiger partial charge is 0.368 e. The molecule has 0 aliphatic carbocycles. The number of nitrogens with zero attached hydrogens (tertiary/aromatic N) is 5. The van der Waals surface area contributed by atoms with Gasteiger partial charge < -0.3 is 10.6 Å². The van der Waals surface area contributed by atoms with Gasteiger partial charge in [-0.25, -0.2) is 15.0 Å². The molecule has 3 heterocycles. The molecule has 0 atom stereocenters. The Morgan fingerprint density at radius 2 is 2.00 bits per heavy atom. The molecule has 1 aliphatic heterocycles. The van der Waals surface area contributed by atoms with E-state index in [0.717, 1.165) is 42.7 Å². The van der Waals surface area contributed by atoms with Gasteiger partial charge in [0.2, 0.25) is 5.95 Å². The fourth-order valence-corrected chi connectivity index (χ4v) is 2.42. The Labute approximate surface area is 110 Å². The molecule has 1 saturated heterocycles. The van der Waals surface area contributed by atoms with Crippen LogP contribution in [0.4, 0.5) is 11.8 Å². The summed E-state index contributed by atoms with van der Waals surface area (Å²) < 4.78 is 0. The van der Waals surface area contributed by atoms with Crippen molar-refractivity contribution < 1.29 is 0 Å². The molecule has 1 fully saturated rings. The van der Waals surface area contributed by atoms with Crippen LogP contribution in [0, 0.1) is 11.3 Å². The van der Waals surface area contributed by atoms with Gasteiger partial charge in [-0.1, -0.05) is 0 Å². The van der Waals surface area contributed by atoms with Gasteiger partial charge in [-0.05, 0) is 25.3 Å². The van der Waals surface area contributed by atoms with Crippen LogP contribution in [-0.2, 0) is 0 Å². The highest BCUT2D eigenvalue weighted by Crippen LogP contribution is 2.26. The number of fused-ring (bicyclic) bond motifs is 1. The van der Waals surface area contributed by atoms with Crippen molar-refractivity contribution in [3.63, 3.8) is 0 Å². The van der Waals surface area contributed by atoms with Gasteiger partial charge in [0.25, 0.3) is 0 Å². The van der Waals surface area contributed by atoms with Crippen LogP contribution in [-0.4, -0.2) is 28.0 Å². The maximum absolute atomic E-state index is 9.08. The molecule has 0 amide bonds. The summed E-state index contributed by atoms with van der Waals surface area (Å²) in [5.41, 5.74) is 6.78. The summed E-state index contributed by atoms with van der Waals surface area (Å²) in [5, 5.41) is 9.88. The third-order valence-electron chi connectivity index (χ3n) is 3.34. The van der Waals surface area contributed by atoms with Crippen LogP contribution >= 0.6 is 0 Å². The van der Waals surface area contributed by atoms with Crippen LogP contribution in [0.3, 0.4) is 0 Å². The van der Waals surface area contributed by atoms with E-state index in [-0.39, 0.29) is 5.95 Å². The van der Waals surface area contributed by atoms with Crippen molar-refractivity contribution in [2.75, 3.05) is 23.7 Å². The molecule has 0 saturated carbocycles. The van der Waals surface area contributed by atoms with Crippen LogP contribution in [0.15, 0.2) is 12.3 Å². The molecule has 6 heteroatoms. The van der Waals surface area contributed by atoms with E-state index < -0.39 is 0 Å². The molecule has 3 rings (SSSR count). The summed E-state index contributed by atoms with van der Waals surface area (Å²) >= 11 is 0. The number of hydrogen-bond acceptors (Lipinski definition) is 6. The zero-order valence-electron chi connectivity index (χ0n) is 10.5. The summed E-state index contributed by atoms with van der Waals surface area (Å²) in [6.07, 6.45) is 5.16. The van der Waals surface area contributed by atoms with E-state index in [1.807, 2.05) is 0 Å². The molecular formula is C13H14N6. The highest BCUT2D eigenvalue weighted by atomic mass is 15.2. The number of nitrogens with two attached hydrogens (primary N) is 1. The predicted octanol–water partition coefficient (Wildman–Crippen LogP) is 1.47. The first-order chi connectivity index (χ1) is 9.28. The third kappa shape index (κ3) is 2.15. The Balaban J connectivity index is 2.19. The Kier molecular flexibility index (Phi) is 2.88. The number of nitriles is 1. The monoisotopic (exact) mass is 254 g/mol. The Bertz CT molecular complexity index is 654. The summed E-state index contributed by atoms with van der Waals surface area (Å²) in [6.45, 7) is 1.89. The zero-order chi connectivity index (χ0) is 13.2. The minimum atomic E-state index is 0.234. The molecule has 96 valence electrons. The molecule has 2 N–H and O–H groups in total. The van der Waals surface area contributed by atoms with E-state index in [9.17, 15) is 0 Å². The minimum absolute atomic E-state index is 0.234. The first-order valence-electron chi connectivity index (χ1n) is 6.36. The number of anilines is 2. The number of piperidine rings is 1. The lowest BCUT2D eigenvalue weighted by Gasteiger charge is -2.28. The SMILES string of the molecule is N#Cc1cc2cnc(N)nc2c(N2CCCCC2)n1. The number of rotatable bonds is 1.